The minimum Gasteiger partial charge on any atom is -0.381 e. The molecule has 0 unspecified atom stereocenters. The number of allylic oxidation sites excluding steroid dienone is 1. The van der Waals surface area contributed by atoms with Crippen molar-refractivity contribution in [2.45, 2.75) is 46.3 Å². The van der Waals surface area contributed by atoms with Crippen molar-refractivity contribution in [1.82, 2.24) is 14.7 Å². The van der Waals surface area contributed by atoms with Gasteiger partial charge < -0.3 is 5.32 Å². The van der Waals surface area contributed by atoms with Gasteiger partial charge in [0.25, 0.3) is 5.56 Å². The van der Waals surface area contributed by atoms with Crippen molar-refractivity contribution in [2.24, 2.45) is 0 Å². The zero-order chi connectivity index (χ0) is 16.0. The molecular formula is C15H25ClN4O. The molecule has 1 rings (SSSR count). The maximum absolute atomic E-state index is 12.0. The quantitative estimate of drug-likeness (QED) is 0.750. The minimum atomic E-state index is -0.300. The van der Waals surface area contributed by atoms with Crippen molar-refractivity contribution in [2.75, 3.05) is 18.4 Å². The highest BCUT2D eigenvalue weighted by Gasteiger charge is 2.13. The van der Waals surface area contributed by atoms with E-state index in [2.05, 4.69) is 49.6 Å². The molecule has 0 atom stereocenters. The van der Waals surface area contributed by atoms with Gasteiger partial charge in [0.1, 0.15) is 5.02 Å². The van der Waals surface area contributed by atoms with Gasteiger partial charge >= 0.3 is 0 Å². The first-order chi connectivity index (χ1) is 9.88. The summed E-state index contributed by atoms with van der Waals surface area (Å²) < 4.78 is 1.29. The van der Waals surface area contributed by atoms with E-state index in [9.17, 15) is 4.79 Å². The van der Waals surface area contributed by atoms with Crippen molar-refractivity contribution >= 4 is 17.3 Å². The van der Waals surface area contributed by atoms with E-state index < -0.39 is 0 Å². The summed E-state index contributed by atoms with van der Waals surface area (Å²) in [7, 11) is 0. The van der Waals surface area contributed by atoms with Crippen molar-refractivity contribution < 1.29 is 0 Å². The van der Waals surface area contributed by atoms with Crippen LogP contribution in [0.4, 0.5) is 5.69 Å². The molecule has 21 heavy (non-hydrogen) atoms. The Morgan fingerprint density at radius 2 is 2.05 bits per heavy atom. The molecule has 5 nitrogen and oxygen atoms in total. The van der Waals surface area contributed by atoms with Crippen LogP contribution in [0.1, 0.15) is 27.7 Å². The van der Waals surface area contributed by atoms with Crippen molar-refractivity contribution in [1.29, 1.82) is 0 Å². The Bertz CT molecular complexity index is 517. The lowest BCUT2D eigenvalue weighted by atomic mass is 10.2. The van der Waals surface area contributed by atoms with Gasteiger partial charge in [-0.1, -0.05) is 17.7 Å². The number of nitrogens with one attached hydrogen (secondary N) is 1. The molecule has 0 saturated heterocycles. The van der Waals surface area contributed by atoms with Crippen LogP contribution < -0.4 is 10.9 Å². The number of hydrogen-bond donors (Lipinski definition) is 1. The third-order valence-electron chi connectivity index (χ3n) is 3.30. The van der Waals surface area contributed by atoms with Crippen LogP contribution in [0.5, 0.6) is 0 Å². The molecule has 1 N–H and O–H groups in total. The van der Waals surface area contributed by atoms with Crippen LogP contribution in [0.25, 0.3) is 0 Å². The second kappa shape index (κ2) is 8.20. The fraction of sp³-hybridized carbons (Fsp3) is 0.600. The highest BCUT2D eigenvalue weighted by molar-refractivity contribution is 6.32. The molecule has 0 aliphatic rings. The molecule has 6 heteroatoms. The topological polar surface area (TPSA) is 50.2 Å². The van der Waals surface area contributed by atoms with E-state index >= 15 is 0 Å². The molecule has 0 aromatic carbocycles. The zero-order valence-corrected chi connectivity index (χ0v) is 14.0. The van der Waals surface area contributed by atoms with E-state index in [-0.39, 0.29) is 10.6 Å². The molecule has 0 fully saturated rings. The molecule has 0 amide bonds. The van der Waals surface area contributed by atoms with E-state index in [4.69, 9.17) is 11.6 Å². The lowest BCUT2D eigenvalue weighted by Crippen LogP contribution is -2.40. The largest absolute Gasteiger partial charge is 0.381 e. The second-order valence-electron chi connectivity index (χ2n) is 5.50. The van der Waals surface area contributed by atoms with Gasteiger partial charge in [-0.05, 0) is 27.7 Å². The summed E-state index contributed by atoms with van der Waals surface area (Å²) in [6.07, 6.45) is 3.20. The van der Waals surface area contributed by atoms with Gasteiger partial charge in [-0.2, -0.15) is 5.10 Å². The lowest BCUT2D eigenvalue weighted by Gasteiger charge is -2.30. The van der Waals surface area contributed by atoms with Crippen LogP contribution in [0.15, 0.2) is 23.6 Å². The first-order valence-electron chi connectivity index (χ1n) is 7.24. The van der Waals surface area contributed by atoms with Gasteiger partial charge in [0.15, 0.2) is 0 Å². The van der Waals surface area contributed by atoms with Gasteiger partial charge in [0.05, 0.1) is 18.4 Å². The van der Waals surface area contributed by atoms with Crippen LogP contribution in [0.3, 0.4) is 0 Å². The number of nitrogens with zero attached hydrogens (tertiary/aromatic N) is 3. The number of rotatable bonds is 8. The molecule has 1 heterocycles. The van der Waals surface area contributed by atoms with Crippen LogP contribution in [-0.4, -0.2) is 39.9 Å². The van der Waals surface area contributed by atoms with Gasteiger partial charge in [-0.25, -0.2) is 4.68 Å². The Balaban J connectivity index is 2.70. The minimum absolute atomic E-state index is 0.174. The molecule has 1 aromatic rings. The van der Waals surface area contributed by atoms with Crippen LogP contribution in [0, 0.1) is 0 Å². The van der Waals surface area contributed by atoms with Crippen LogP contribution in [-0.2, 0) is 6.54 Å². The average Bonchev–Trinajstić information content (AvgIpc) is 2.41. The van der Waals surface area contributed by atoms with Gasteiger partial charge in [0, 0.05) is 25.2 Å². The van der Waals surface area contributed by atoms with Crippen molar-refractivity contribution in [3.63, 3.8) is 0 Å². The molecule has 118 valence electrons. The molecule has 0 radical (unpaired) electrons. The molecule has 0 aliphatic carbocycles. The molecule has 0 saturated carbocycles. The lowest BCUT2D eigenvalue weighted by molar-refractivity contribution is 0.182. The van der Waals surface area contributed by atoms with E-state index in [1.54, 1.807) is 12.3 Å². The smallest absolute Gasteiger partial charge is 0.287 e. The fourth-order valence-corrected chi connectivity index (χ4v) is 2.49. The third-order valence-corrected chi connectivity index (χ3v) is 3.66. The summed E-state index contributed by atoms with van der Waals surface area (Å²) in [5.41, 5.74) is 0.278. The maximum Gasteiger partial charge on any atom is 0.287 e. The Morgan fingerprint density at radius 3 is 2.57 bits per heavy atom. The van der Waals surface area contributed by atoms with E-state index in [0.29, 0.717) is 30.9 Å². The van der Waals surface area contributed by atoms with E-state index in [1.165, 1.54) is 4.68 Å². The average molecular weight is 313 g/mol. The first kappa shape index (κ1) is 17.7. The van der Waals surface area contributed by atoms with E-state index in [1.807, 2.05) is 0 Å². The Hall–Kier alpha value is -1.33. The summed E-state index contributed by atoms with van der Waals surface area (Å²) in [6, 6.07) is 0.946. The van der Waals surface area contributed by atoms with Gasteiger partial charge in [-0.3, -0.25) is 9.69 Å². The Labute approximate surface area is 131 Å². The highest BCUT2D eigenvalue weighted by atomic mass is 35.5. The summed E-state index contributed by atoms with van der Waals surface area (Å²) in [5, 5.41) is 7.43. The second-order valence-corrected chi connectivity index (χ2v) is 5.88. The van der Waals surface area contributed by atoms with Gasteiger partial charge in [0.2, 0.25) is 0 Å². The highest BCUT2D eigenvalue weighted by Crippen LogP contribution is 2.15. The summed E-state index contributed by atoms with van der Waals surface area (Å²) >= 11 is 6.09. The Morgan fingerprint density at radius 1 is 1.43 bits per heavy atom. The molecular weight excluding hydrogens is 288 g/mol. The SMILES string of the molecule is C=CCn1ncc(NCCN(C(C)C)C(C)C)c(Cl)c1=O. The number of anilines is 1. The number of aromatic nitrogens is 2. The summed E-state index contributed by atoms with van der Waals surface area (Å²) in [4.78, 5) is 14.3. The third kappa shape index (κ3) is 4.86. The predicted molar refractivity (Wildman–Crippen MR) is 89.2 cm³/mol. The van der Waals surface area contributed by atoms with Crippen LogP contribution in [0.2, 0.25) is 5.02 Å². The molecule has 0 spiro atoms. The maximum atomic E-state index is 12.0. The monoisotopic (exact) mass is 312 g/mol. The van der Waals surface area contributed by atoms with E-state index in [0.717, 1.165) is 6.54 Å². The van der Waals surface area contributed by atoms with Crippen molar-refractivity contribution in [3.05, 3.63) is 34.2 Å². The normalized spacial score (nSPS) is 11.4. The zero-order valence-electron chi connectivity index (χ0n) is 13.3. The summed E-state index contributed by atoms with van der Waals surface area (Å²) in [5.74, 6) is 0. The molecule has 0 aliphatic heterocycles. The number of halogens is 1. The number of hydrogen-bond acceptors (Lipinski definition) is 4. The predicted octanol–water partition coefficient (Wildman–Crippen LogP) is 2.61. The Kier molecular flexibility index (Phi) is 6.92. The van der Waals surface area contributed by atoms with Crippen LogP contribution >= 0.6 is 11.6 Å². The fourth-order valence-electron chi connectivity index (χ4n) is 2.27. The standard InChI is InChI=1S/C15H25ClN4O/c1-6-8-20-15(21)14(16)13(10-18-20)17-7-9-19(11(2)3)12(4)5/h6,10-12,17H,1,7-9H2,2-5H3. The first-order valence-corrected chi connectivity index (χ1v) is 7.62. The van der Waals surface area contributed by atoms with Gasteiger partial charge in [-0.15, -0.1) is 6.58 Å². The van der Waals surface area contributed by atoms with Crippen molar-refractivity contribution in [3.8, 4) is 0 Å². The summed E-state index contributed by atoms with van der Waals surface area (Å²) in [6.45, 7) is 14.2. The molecule has 1 aromatic heterocycles. The molecule has 0 bridgehead atoms.